The molecule has 62 heavy (non-hydrogen) atoms. The average molecular weight is 992 g/mol. The molecular formula is C45H53Br2NO14. The van der Waals surface area contributed by atoms with Crippen molar-refractivity contribution < 1.29 is 67.8 Å². The van der Waals surface area contributed by atoms with Gasteiger partial charge < -0.3 is 44.3 Å². The van der Waals surface area contributed by atoms with Gasteiger partial charge in [0.1, 0.15) is 28.2 Å². The van der Waals surface area contributed by atoms with Crippen molar-refractivity contribution in [1.82, 2.24) is 5.32 Å². The molecule has 2 saturated carbocycles. The van der Waals surface area contributed by atoms with E-state index in [1.165, 1.54) is 26.0 Å². The average Bonchev–Trinajstić information content (AvgIpc) is 3.20. The number of aliphatic hydroxyl groups is 3. The van der Waals surface area contributed by atoms with E-state index in [0.29, 0.717) is 5.56 Å². The smallest absolute Gasteiger partial charge is 0.338 e. The second-order valence-electron chi connectivity index (χ2n) is 17.7. The molecule has 2 aromatic rings. The maximum absolute atomic E-state index is 15.5. The number of carbonyl (C=O) groups excluding carboxylic acids is 6. The van der Waals surface area contributed by atoms with Crippen molar-refractivity contribution in [2.45, 2.75) is 131 Å². The number of carbonyl (C=O) groups is 6. The van der Waals surface area contributed by atoms with E-state index < -0.39 is 122 Å². The molecule has 1 amide bonds. The van der Waals surface area contributed by atoms with E-state index in [9.17, 15) is 39.3 Å². The fourth-order valence-electron chi connectivity index (χ4n) is 9.83. The van der Waals surface area contributed by atoms with Crippen LogP contribution in [0.5, 0.6) is 0 Å². The van der Waals surface area contributed by atoms with Gasteiger partial charge in [0, 0.05) is 36.9 Å². The first-order valence-corrected chi connectivity index (χ1v) is 22.0. The molecule has 0 unspecified atom stereocenters. The molecule has 1 heterocycles. The molecule has 0 spiro atoms. The fourth-order valence-corrected chi connectivity index (χ4v) is 10.2. The molecule has 0 radical (unpaired) electrons. The van der Waals surface area contributed by atoms with E-state index in [4.69, 9.17) is 23.7 Å². The van der Waals surface area contributed by atoms with Crippen LogP contribution in [0.2, 0.25) is 0 Å². The highest BCUT2D eigenvalue weighted by molar-refractivity contribution is 9.12. The summed E-state index contributed by atoms with van der Waals surface area (Å²) < 4.78 is 29.1. The predicted octanol–water partition coefficient (Wildman–Crippen LogP) is 4.36. The third-order valence-electron chi connectivity index (χ3n) is 13.6. The van der Waals surface area contributed by atoms with E-state index >= 15 is 4.79 Å². The monoisotopic (exact) mass is 989 g/mol. The number of Topliss-reactive ketones (excluding diaryl/α,β-unsaturated/α-hetero) is 1. The van der Waals surface area contributed by atoms with Gasteiger partial charge in [-0.1, -0.05) is 101 Å². The van der Waals surface area contributed by atoms with E-state index in [1.54, 1.807) is 76.2 Å². The highest BCUT2D eigenvalue weighted by Crippen LogP contribution is 2.64. The molecule has 3 fully saturated rings. The largest absolute Gasteiger partial charge is 0.456 e. The first-order valence-electron chi connectivity index (χ1n) is 20.3. The fraction of sp³-hybridized carbons (Fsp3) is 0.556. The van der Waals surface area contributed by atoms with E-state index in [1.807, 2.05) is 0 Å². The van der Waals surface area contributed by atoms with Crippen molar-refractivity contribution in [2.75, 3.05) is 6.61 Å². The summed E-state index contributed by atoms with van der Waals surface area (Å²) in [6.45, 7) is 11.3. The summed E-state index contributed by atoms with van der Waals surface area (Å²) in [6.07, 6.45) is -10.5. The van der Waals surface area contributed by atoms with Gasteiger partial charge in [0.15, 0.2) is 23.6 Å². The standard InChI is InChI=1S/C45H53Br2NO14/c1-22-28(60-39(55)33(52)32(26-15-11-9-12-16-26)48-40(56)43(8,47)23(2)46)20-45(57)37(61-38(54)27-17-13-10-14-18-27)35-42(7,29(51)19-30-44(35,21-58-30)62-25(4)50)36(53)34(59-24(3)49)31(22)41(45,5)6/h9-18,23,28-30,32-35,37,51-52,57H,19-21H2,1-8H3,(H,48,56)/t23-,28+,29+,30-,32+,33-,34-,35+,37+,42-,43-,44+,45-/m1/s1. The number of fused-ring (bicyclic) bond motifs is 5. The van der Waals surface area contributed by atoms with Gasteiger partial charge in [0.2, 0.25) is 5.91 Å². The van der Waals surface area contributed by atoms with Crippen molar-refractivity contribution in [1.29, 1.82) is 0 Å². The number of amides is 1. The van der Waals surface area contributed by atoms with Crippen LogP contribution in [0.1, 0.15) is 90.2 Å². The Labute approximate surface area is 376 Å². The second-order valence-corrected chi connectivity index (χ2v) is 20.7. The molecule has 1 saturated heterocycles. The highest BCUT2D eigenvalue weighted by Gasteiger charge is 2.78. The van der Waals surface area contributed by atoms with E-state index in [2.05, 4.69) is 37.2 Å². The lowest BCUT2D eigenvalue weighted by molar-refractivity contribution is -0.346. The molecular weight excluding hydrogens is 938 g/mol. The van der Waals surface area contributed by atoms with Crippen molar-refractivity contribution in [3.05, 3.63) is 82.9 Å². The quantitative estimate of drug-likeness (QED) is 0.106. The van der Waals surface area contributed by atoms with Gasteiger partial charge in [0.25, 0.3) is 0 Å². The third kappa shape index (κ3) is 7.84. The SMILES string of the molecule is CC(=O)O[C@H]1C(=O)[C@@]2(C)[C@H]([C@H](OC(=O)c3ccccc3)[C@]3(O)C[C@H](OC(=O)[C@H](O)[C@@H](NC(=O)[C@](C)(Br)[C@@H](C)Br)c4ccccc4)C(C)=C1C3(C)C)[C@]1(OC(C)=O)CO[C@@H]1C[C@@H]2O. The number of halogens is 2. The summed E-state index contributed by atoms with van der Waals surface area (Å²) in [5.74, 6) is -6.83. The lowest BCUT2D eigenvalue weighted by atomic mass is 9.44. The van der Waals surface area contributed by atoms with Crippen molar-refractivity contribution in [2.24, 2.45) is 16.7 Å². The van der Waals surface area contributed by atoms with Crippen LogP contribution in [-0.4, -0.2) is 114 Å². The van der Waals surface area contributed by atoms with Gasteiger partial charge in [0.05, 0.1) is 35.6 Å². The number of nitrogens with one attached hydrogen (secondary N) is 1. The number of hydrogen-bond acceptors (Lipinski definition) is 14. The molecule has 336 valence electrons. The maximum Gasteiger partial charge on any atom is 0.338 e. The van der Waals surface area contributed by atoms with E-state index in [0.717, 1.165) is 13.8 Å². The number of esters is 4. The highest BCUT2D eigenvalue weighted by atomic mass is 79.9. The Morgan fingerprint density at radius 3 is 2.08 bits per heavy atom. The van der Waals surface area contributed by atoms with Gasteiger partial charge in [-0.2, -0.15) is 0 Å². The Bertz CT molecular complexity index is 2140. The lowest BCUT2D eigenvalue weighted by Crippen LogP contribution is -2.82. The molecule has 17 heteroatoms. The second kappa shape index (κ2) is 17.2. The Morgan fingerprint density at radius 2 is 1.55 bits per heavy atom. The van der Waals surface area contributed by atoms with Crippen LogP contribution in [0.3, 0.4) is 0 Å². The summed E-state index contributed by atoms with van der Waals surface area (Å²) in [4.78, 5) is 83.3. The molecule has 6 rings (SSSR count). The normalized spacial score (nSPS) is 33.5. The predicted molar refractivity (Wildman–Crippen MR) is 228 cm³/mol. The summed E-state index contributed by atoms with van der Waals surface area (Å²) >= 11 is 6.85. The van der Waals surface area contributed by atoms with Gasteiger partial charge in [-0.3, -0.25) is 19.2 Å². The molecule has 4 aliphatic rings. The third-order valence-corrected chi connectivity index (χ3v) is 16.2. The summed E-state index contributed by atoms with van der Waals surface area (Å²) in [5, 5.41) is 40.3. The number of hydrogen-bond donors (Lipinski definition) is 4. The van der Waals surface area contributed by atoms with Gasteiger partial charge in [-0.25, -0.2) is 9.59 Å². The minimum absolute atomic E-state index is 0.00540. The van der Waals surface area contributed by atoms with Crippen LogP contribution >= 0.6 is 31.9 Å². The molecule has 3 aliphatic carbocycles. The number of aliphatic hydroxyl groups excluding tert-OH is 2. The Balaban J connectivity index is 1.54. The molecule has 4 N–H and O–H groups in total. The number of ether oxygens (including phenoxy) is 5. The summed E-state index contributed by atoms with van der Waals surface area (Å²) in [7, 11) is 0. The summed E-state index contributed by atoms with van der Waals surface area (Å²) in [6, 6.07) is 14.7. The van der Waals surface area contributed by atoms with Gasteiger partial charge >= 0.3 is 23.9 Å². The van der Waals surface area contributed by atoms with Crippen LogP contribution < -0.4 is 5.32 Å². The molecule has 13 atom stereocenters. The van der Waals surface area contributed by atoms with Crippen LogP contribution in [0.25, 0.3) is 0 Å². The van der Waals surface area contributed by atoms with Crippen LogP contribution in [0, 0.1) is 16.7 Å². The minimum atomic E-state index is -2.39. The Hall–Kier alpha value is -4.00. The van der Waals surface area contributed by atoms with E-state index in [-0.39, 0.29) is 29.7 Å². The summed E-state index contributed by atoms with van der Waals surface area (Å²) in [5.41, 5.74) is -7.30. The maximum atomic E-state index is 15.5. The zero-order chi connectivity index (χ0) is 45.9. The van der Waals surface area contributed by atoms with Crippen molar-refractivity contribution in [3.63, 3.8) is 0 Å². The molecule has 2 aromatic carbocycles. The first-order chi connectivity index (χ1) is 28.9. The van der Waals surface area contributed by atoms with Gasteiger partial charge in [-0.15, -0.1) is 0 Å². The molecule has 15 nitrogen and oxygen atoms in total. The molecule has 0 aromatic heterocycles. The number of rotatable bonds is 11. The number of alkyl halides is 2. The molecule has 2 bridgehead atoms. The zero-order valence-corrected chi connectivity index (χ0v) is 38.9. The first kappa shape index (κ1) is 47.5. The Morgan fingerprint density at radius 1 is 0.952 bits per heavy atom. The Kier molecular flexibility index (Phi) is 13.2. The topological polar surface area (TPSA) is 221 Å². The van der Waals surface area contributed by atoms with Crippen molar-refractivity contribution >= 4 is 67.4 Å². The van der Waals surface area contributed by atoms with Crippen LogP contribution in [0.15, 0.2) is 71.8 Å². The number of benzene rings is 2. The van der Waals surface area contributed by atoms with Gasteiger partial charge in [-0.05, 0) is 49.6 Å². The van der Waals surface area contributed by atoms with Crippen LogP contribution in [0.4, 0.5) is 0 Å². The molecule has 1 aliphatic heterocycles. The lowest BCUT2D eigenvalue weighted by Gasteiger charge is -2.67. The minimum Gasteiger partial charge on any atom is -0.456 e. The van der Waals surface area contributed by atoms with Crippen LogP contribution in [-0.2, 0) is 47.7 Å². The zero-order valence-electron chi connectivity index (χ0n) is 35.7. The van der Waals surface area contributed by atoms with Crippen molar-refractivity contribution in [3.8, 4) is 0 Å². The number of ketones is 1.